The number of phenolic OH excluding ortho intramolecular Hbond substituents is 1. The summed E-state index contributed by atoms with van der Waals surface area (Å²) in [6, 6.07) is 21.9. The Morgan fingerprint density at radius 1 is 0.677 bits per heavy atom. The molecule has 0 heterocycles. The van der Waals surface area contributed by atoms with E-state index in [1.54, 1.807) is 30.3 Å². The largest absolute Gasteiger partial charge is 0.506 e. The summed E-state index contributed by atoms with van der Waals surface area (Å²) in [6.45, 7) is 0. The highest BCUT2D eigenvalue weighted by Crippen LogP contribution is 2.37. The van der Waals surface area contributed by atoms with Gasteiger partial charge in [0.1, 0.15) is 10.6 Å². The minimum absolute atomic E-state index is 0.138. The molecule has 0 radical (unpaired) electrons. The lowest BCUT2D eigenvalue weighted by Crippen LogP contribution is -2.37. The van der Waals surface area contributed by atoms with Crippen molar-refractivity contribution in [1.82, 2.24) is 0 Å². The molecule has 4 aromatic carbocycles. The van der Waals surface area contributed by atoms with Crippen LogP contribution in [0.5, 0.6) is 5.75 Å². The number of anilines is 1. The Balaban J connectivity index is 2.00. The van der Waals surface area contributed by atoms with E-state index in [1.807, 2.05) is 0 Å². The molecule has 0 unspecified atom stereocenters. The molecule has 0 atom stereocenters. The molecular formula is C22H16ClNO5S2. The number of benzene rings is 4. The van der Waals surface area contributed by atoms with Crippen LogP contribution < -0.4 is 3.71 Å². The van der Waals surface area contributed by atoms with E-state index in [1.165, 1.54) is 60.7 Å². The lowest BCUT2D eigenvalue weighted by Gasteiger charge is -2.24. The second-order valence-corrected chi connectivity index (χ2v) is 10.8. The zero-order valence-electron chi connectivity index (χ0n) is 15.9. The van der Waals surface area contributed by atoms with Gasteiger partial charge in [-0.25, -0.2) is 8.42 Å². The van der Waals surface area contributed by atoms with Crippen molar-refractivity contribution in [2.75, 3.05) is 3.71 Å². The fourth-order valence-corrected chi connectivity index (χ4v) is 7.11. The van der Waals surface area contributed by atoms with Crippen molar-refractivity contribution in [2.45, 2.75) is 9.79 Å². The highest BCUT2D eigenvalue weighted by atomic mass is 35.5. The predicted molar refractivity (Wildman–Crippen MR) is 120 cm³/mol. The SMILES string of the molecule is O=S(=O)(c1ccccc1)N(c1ccc(Cl)cc1)S(=O)(=O)c1ccc2ccccc2c1O. The number of rotatable bonds is 5. The molecule has 0 spiro atoms. The normalized spacial score (nSPS) is 12.0. The Kier molecular flexibility index (Phi) is 5.38. The van der Waals surface area contributed by atoms with Gasteiger partial charge < -0.3 is 5.11 Å². The second-order valence-electron chi connectivity index (χ2n) is 6.63. The molecule has 6 nitrogen and oxygen atoms in total. The van der Waals surface area contributed by atoms with Gasteiger partial charge in [-0.3, -0.25) is 0 Å². The van der Waals surface area contributed by atoms with Gasteiger partial charge in [0.05, 0.1) is 10.6 Å². The van der Waals surface area contributed by atoms with Crippen LogP contribution in [0.25, 0.3) is 10.8 Å². The third-order valence-electron chi connectivity index (χ3n) is 4.66. The van der Waals surface area contributed by atoms with Crippen molar-refractivity contribution in [3.8, 4) is 5.75 Å². The molecule has 4 aromatic rings. The average molecular weight is 474 g/mol. The fraction of sp³-hybridized carbons (Fsp3) is 0. The van der Waals surface area contributed by atoms with E-state index in [-0.39, 0.29) is 16.0 Å². The molecule has 0 amide bonds. The Labute approximate surface area is 185 Å². The van der Waals surface area contributed by atoms with E-state index in [0.717, 1.165) is 0 Å². The van der Waals surface area contributed by atoms with E-state index in [4.69, 9.17) is 11.6 Å². The summed E-state index contributed by atoms with van der Waals surface area (Å²) in [5, 5.41) is 12.0. The Hall–Kier alpha value is -3.07. The van der Waals surface area contributed by atoms with E-state index >= 15 is 0 Å². The number of halogens is 1. The van der Waals surface area contributed by atoms with Crippen LogP contribution in [0.3, 0.4) is 0 Å². The summed E-state index contributed by atoms with van der Waals surface area (Å²) in [5.41, 5.74) is -0.138. The van der Waals surface area contributed by atoms with Crippen LogP contribution >= 0.6 is 11.6 Å². The first kappa shape index (κ1) is 21.2. The smallest absolute Gasteiger partial charge is 0.281 e. The average Bonchev–Trinajstić information content (AvgIpc) is 2.76. The summed E-state index contributed by atoms with van der Waals surface area (Å²) >= 11 is 5.91. The van der Waals surface area contributed by atoms with Gasteiger partial charge >= 0.3 is 0 Å². The third kappa shape index (κ3) is 3.74. The molecule has 0 saturated carbocycles. The first-order chi connectivity index (χ1) is 14.7. The van der Waals surface area contributed by atoms with Crippen LogP contribution in [0, 0.1) is 0 Å². The van der Waals surface area contributed by atoms with Gasteiger partial charge in [0, 0.05) is 10.4 Å². The van der Waals surface area contributed by atoms with Crippen molar-refractivity contribution in [3.05, 3.63) is 96.0 Å². The monoisotopic (exact) mass is 473 g/mol. The number of sulfonamides is 2. The lowest BCUT2D eigenvalue weighted by atomic mass is 10.1. The topological polar surface area (TPSA) is 91.8 Å². The lowest BCUT2D eigenvalue weighted by molar-refractivity contribution is 0.465. The van der Waals surface area contributed by atoms with Gasteiger partial charge in [-0.05, 0) is 47.9 Å². The highest BCUT2D eigenvalue weighted by Gasteiger charge is 2.38. The molecule has 31 heavy (non-hydrogen) atoms. The Morgan fingerprint density at radius 2 is 1.29 bits per heavy atom. The van der Waals surface area contributed by atoms with Crippen molar-refractivity contribution in [2.24, 2.45) is 0 Å². The second kappa shape index (κ2) is 7.88. The number of nitrogens with zero attached hydrogens (tertiary/aromatic N) is 1. The van der Waals surface area contributed by atoms with Crippen LogP contribution in [-0.2, 0) is 20.0 Å². The zero-order chi connectivity index (χ0) is 22.2. The third-order valence-corrected chi connectivity index (χ3v) is 9.13. The van der Waals surface area contributed by atoms with Crippen LogP contribution in [0.4, 0.5) is 5.69 Å². The summed E-state index contributed by atoms with van der Waals surface area (Å²) in [5.74, 6) is -0.527. The molecule has 1 N–H and O–H groups in total. The number of phenols is 1. The summed E-state index contributed by atoms with van der Waals surface area (Å²) in [4.78, 5) is -0.741. The van der Waals surface area contributed by atoms with Gasteiger partial charge in [-0.2, -0.15) is 12.1 Å². The number of hydrogen-bond acceptors (Lipinski definition) is 5. The molecule has 4 rings (SSSR count). The van der Waals surface area contributed by atoms with E-state index in [2.05, 4.69) is 0 Å². The first-order valence-corrected chi connectivity index (χ1v) is 12.3. The maximum absolute atomic E-state index is 13.7. The molecule has 9 heteroatoms. The van der Waals surface area contributed by atoms with Crippen LogP contribution in [0.15, 0.2) is 101 Å². The van der Waals surface area contributed by atoms with Crippen molar-refractivity contribution in [1.29, 1.82) is 0 Å². The summed E-state index contributed by atoms with van der Waals surface area (Å²) in [6.07, 6.45) is 0. The van der Waals surface area contributed by atoms with Crippen molar-refractivity contribution < 1.29 is 21.9 Å². The standard InChI is InChI=1S/C22H16ClNO5S2/c23-17-11-13-18(14-12-17)24(30(26,27)19-7-2-1-3-8-19)31(28,29)21-15-10-16-6-4-5-9-20(16)22(21)25/h1-15,25H. The van der Waals surface area contributed by atoms with Gasteiger partial charge in [0.25, 0.3) is 20.0 Å². The van der Waals surface area contributed by atoms with E-state index in [9.17, 15) is 21.9 Å². The summed E-state index contributed by atoms with van der Waals surface area (Å²) in [7, 11) is -9.29. The first-order valence-electron chi connectivity index (χ1n) is 9.05. The molecule has 0 saturated heterocycles. The quantitative estimate of drug-likeness (QED) is 0.450. The molecule has 0 bridgehead atoms. The minimum Gasteiger partial charge on any atom is -0.506 e. The molecule has 0 aromatic heterocycles. The van der Waals surface area contributed by atoms with Crippen molar-refractivity contribution in [3.63, 3.8) is 0 Å². The zero-order valence-corrected chi connectivity index (χ0v) is 18.3. The molecule has 0 fully saturated rings. The fourth-order valence-electron chi connectivity index (χ4n) is 3.19. The number of aromatic hydroxyl groups is 1. The molecular weight excluding hydrogens is 458 g/mol. The molecule has 0 aliphatic carbocycles. The molecule has 158 valence electrons. The number of fused-ring (bicyclic) bond motifs is 1. The van der Waals surface area contributed by atoms with Gasteiger partial charge in [0.2, 0.25) is 0 Å². The minimum atomic E-state index is -4.74. The van der Waals surface area contributed by atoms with E-state index < -0.39 is 30.7 Å². The van der Waals surface area contributed by atoms with Crippen LogP contribution in [-0.4, -0.2) is 21.9 Å². The van der Waals surface area contributed by atoms with Crippen LogP contribution in [0.2, 0.25) is 5.02 Å². The van der Waals surface area contributed by atoms with Crippen LogP contribution in [0.1, 0.15) is 0 Å². The maximum Gasteiger partial charge on any atom is 0.281 e. The van der Waals surface area contributed by atoms with Crippen molar-refractivity contribution >= 4 is 48.1 Å². The van der Waals surface area contributed by atoms with Gasteiger partial charge in [0.15, 0.2) is 0 Å². The number of hydrogen-bond donors (Lipinski definition) is 1. The predicted octanol–water partition coefficient (Wildman–Crippen LogP) is 4.78. The maximum atomic E-state index is 13.7. The molecule has 0 aliphatic rings. The summed E-state index contributed by atoms with van der Waals surface area (Å²) < 4.78 is 54.5. The Morgan fingerprint density at radius 3 is 1.97 bits per heavy atom. The molecule has 0 aliphatic heterocycles. The van der Waals surface area contributed by atoms with Gasteiger partial charge in [-0.15, -0.1) is 0 Å². The highest BCUT2D eigenvalue weighted by molar-refractivity contribution is 8.10. The Bertz CT molecular complexity index is 1470. The van der Waals surface area contributed by atoms with E-state index in [0.29, 0.717) is 14.1 Å². The van der Waals surface area contributed by atoms with Gasteiger partial charge in [-0.1, -0.05) is 60.1 Å².